The Morgan fingerprint density at radius 3 is 2.67 bits per heavy atom. The van der Waals surface area contributed by atoms with E-state index < -0.39 is 0 Å². The quantitative estimate of drug-likeness (QED) is 0.267. The molecule has 6 nitrogen and oxygen atoms in total. The van der Waals surface area contributed by atoms with E-state index in [1.807, 2.05) is 42.5 Å². The van der Waals surface area contributed by atoms with Gasteiger partial charge in [0, 0.05) is 23.1 Å². The van der Waals surface area contributed by atoms with E-state index in [0.717, 1.165) is 53.2 Å². The third kappa shape index (κ3) is 5.99. The smallest absolute Gasteiger partial charge is 0.234 e. The van der Waals surface area contributed by atoms with E-state index in [9.17, 15) is 4.79 Å². The molecule has 1 fully saturated rings. The lowest BCUT2D eigenvalue weighted by Crippen LogP contribution is -2.30. The van der Waals surface area contributed by atoms with Gasteiger partial charge in [0.2, 0.25) is 11.1 Å². The van der Waals surface area contributed by atoms with Gasteiger partial charge >= 0.3 is 0 Å². The van der Waals surface area contributed by atoms with Gasteiger partial charge in [0.25, 0.3) is 0 Å². The van der Waals surface area contributed by atoms with Crippen LogP contribution in [0, 0.1) is 0 Å². The van der Waals surface area contributed by atoms with Crippen molar-refractivity contribution in [2.45, 2.75) is 31.0 Å². The molecule has 3 aromatic rings. The Morgan fingerprint density at radius 2 is 1.94 bits per heavy atom. The van der Waals surface area contributed by atoms with Crippen LogP contribution in [0.2, 0.25) is 5.02 Å². The number of aromatic nitrogens is 3. The highest BCUT2D eigenvalue weighted by atomic mass is 79.9. The highest BCUT2D eigenvalue weighted by Gasteiger charge is 2.19. The van der Waals surface area contributed by atoms with Crippen molar-refractivity contribution >= 4 is 56.6 Å². The van der Waals surface area contributed by atoms with E-state index in [0.29, 0.717) is 16.7 Å². The number of rotatable bonds is 8. The van der Waals surface area contributed by atoms with Crippen LogP contribution in [-0.2, 0) is 11.3 Å². The summed E-state index contributed by atoms with van der Waals surface area (Å²) in [5.41, 5.74) is 2.60. The molecule has 0 aliphatic carbocycles. The summed E-state index contributed by atoms with van der Waals surface area (Å²) in [6.07, 6.45) is 5.27. The van der Waals surface area contributed by atoms with Crippen LogP contribution in [0.15, 0.2) is 64.7 Å². The molecule has 9 heteroatoms. The maximum absolute atomic E-state index is 12.8. The van der Waals surface area contributed by atoms with E-state index in [-0.39, 0.29) is 11.7 Å². The number of amides is 1. The Kier molecular flexibility index (Phi) is 8.11. The van der Waals surface area contributed by atoms with Crippen LogP contribution >= 0.6 is 39.3 Å². The Balaban J connectivity index is 1.45. The second-order valence-electron chi connectivity index (χ2n) is 7.72. The molecule has 1 amide bonds. The third-order valence-corrected chi connectivity index (χ3v) is 6.99. The average Bonchev–Trinajstić information content (AvgIpc) is 3.22. The zero-order chi connectivity index (χ0) is 23.2. The molecule has 172 valence electrons. The minimum absolute atomic E-state index is 0.120. The van der Waals surface area contributed by atoms with Gasteiger partial charge in [0.1, 0.15) is 0 Å². The van der Waals surface area contributed by atoms with E-state index in [1.54, 1.807) is 10.8 Å². The SMILES string of the molecule is C=CCn1nc(SCC(=O)Nc2cccc(Cl)c2N2CCCCC2)nc1-c1ccc(Br)cc1. The van der Waals surface area contributed by atoms with Gasteiger partial charge in [-0.05, 0) is 43.5 Å². The molecule has 1 N–H and O–H groups in total. The number of hydrogen-bond donors (Lipinski definition) is 1. The number of halogens is 2. The van der Waals surface area contributed by atoms with Gasteiger partial charge in [-0.25, -0.2) is 9.67 Å². The average molecular weight is 547 g/mol. The Hall–Kier alpha value is -2.29. The molecule has 33 heavy (non-hydrogen) atoms. The summed E-state index contributed by atoms with van der Waals surface area (Å²) in [4.78, 5) is 19.7. The van der Waals surface area contributed by atoms with Crippen LogP contribution in [-0.4, -0.2) is 39.5 Å². The second kappa shape index (κ2) is 11.2. The molecule has 0 spiro atoms. The van der Waals surface area contributed by atoms with Crippen LogP contribution in [0.5, 0.6) is 0 Å². The monoisotopic (exact) mass is 545 g/mol. The van der Waals surface area contributed by atoms with Crippen LogP contribution in [0.3, 0.4) is 0 Å². The van der Waals surface area contributed by atoms with E-state index in [1.165, 1.54) is 18.2 Å². The molecule has 2 heterocycles. The van der Waals surface area contributed by atoms with Crippen molar-refractivity contribution in [3.05, 3.63) is 64.6 Å². The zero-order valence-electron chi connectivity index (χ0n) is 18.1. The number of allylic oxidation sites excluding steroid dienone is 1. The fourth-order valence-corrected chi connectivity index (χ4v) is 5.01. The summed E-state index contributed by atoms with van der Waals surface area (Å²) in [6, 6.07) is 13.5. The van der Waals surface area contributed by atoms with Crippen molar-refractivity contribution < 1.29 is 4.79 Å². The van der Waals surface area contributed by atoms with E-state index in [2.05, 4.69) is 42.8 Å². The molecule has 0 unspecified atom stereocenters. The van der Waals surface area contributed by atoms with Crippen LogP contribution in [0.1, 0.15) is 19.3 Å². The number of thioether (sulfide) groups is 1. The van der Waals surface area contributed by atoms with Crippen LogP contribution < -0.4 is 10.2 Å². The molecule has 0 bridgehead atoms. The zero-order valence-corrected chi connectivity index (χ0v) is 21.3. The first-order chi connectivity index (χ1) is 16.0. The standard InChI is InChI=1S/C24H25BrClN5OS/c1-2-13-31-23(17-9-11-18(25)12-10-17)28-24(29-31)33-16-21(32)27-20-8-6-7-19(26)22(20)30-14-4-3-5-15-30/h2,6-12H,1,3-5,13-16H2,(H,27,32). The first-order valence-corrected chi connectivity index (χ1v) is 13.0. The van der Waals surface area contributed by atoms with Crippen molar-refractivity contribution in [3.8, 4) is 11.4 Å². The minimum Gasteiger partial charge on any atom is -0.369 e. The maximum atomic E-state index is 12.8. The van der Waals surface area contributed by atoms with Gasteiger partial charge in [-0.3, -0.25) is 4.79 Å². The molecule has 1 aliphatic rings. The third-order valence-electron chi connectivity index (χ3n) is 5.32. The van der Waals surface area contributed by atoms with Gasteiger partial charge in [-0.2, -0.15) is 0 Å². The molecule has 1 aliphatic heterocycles. The number of anilines is 2. The Labute approximate surface area is 211 Å². The number of carbonyl (C=O) groups is 1. The van der Waals surface area contributed by atoms with Crippen LogP contribution in [0.25, 0.3) is 11.4 Å². The van der Waals surface area contributed by atoms with Crippen molar-refractivity contribution in [3.63, 3.8) is 0 Å². The summed E-state index contributed by atoms with van der Waals surface area (Å²) in [6.45, 7) is 6.24. The highest BCUT2D eigenvalue weighted by Crippen LogP contribution is 2.35. The first kappa shape index (κ1) is 23.9. The van der Waals surface area contributed by atoms with Crippen molar-refractivity contribution in [2.24, 2.45) is 0 Å². The number of nitrogens with one attached hydrogen (secondary N) is 1. The lowest BCUT2D eigenvalue weighted by atomic mass is 10.1. The molecule has 1 saturated heterocycles. The molecular weight excluding hydrogens is 522 g/mol. The van der Waals surface area contributed by atoms with E-state index in [4.69, 9.17) is 11.6 Å². The number of nitrogens with zero attached hydrogens (tertiary/aromatic N) is 4. The summed E-state index contributed by atoms with van der Waals surface area (Å²) in [7, 11) is 0. The molecule has 0 saturated carbocycles. The van der Waals surface area contributed by atoms with Gasteiger partial charge < -0.3 is 10.2 Å². The maximum Gasteiger partial charge on any atom is 0.234 e. The largest absolute Gasteiger partial charge is 0.369 e. The molecule has 0 atom stereocenters. The summed E-state index contributed by atoms with van der Waals surface area (Å²) >= 11 is 11.3. The minimum atomic E-state index is -0.120. The highest BCUT2D eigenvalue weighted by molar-refractivity contribution is 9.10. The van der Waals surface area contributed by atoms with Gasteiger partial charge in [0.05, 0.1) is 28.7 Å². The summed E-state index contributed by atoms with van der Waals surface area (Å²) in [5.74, 6) is 0.822. The lowest BCUT2D eigenvalue weighted by Gasteiger charge is -2.31. The van der Waals surface area contributed by atoms with Gasteiger partial charge in [-0.1, -0.05) is 63.6 Å². The predicted octanol–water partition coefficient (Wildman–Crippen LogP) is 6.27. The fraction of sp³-hybridized carbons (Fsp3) is 0.292. The Bertz CT molecular complexity index is 1130. The molecule has 2 aromatic carbocycles. The molecule has 0 radical (unpaired) electrons. The normalized spacial score (nSPS) is 13.7. The lowest BCUT2D eigenvalue weighted by molar-refractivity contribution is -0.113. The van der Waals surface area contributed by atoms with E-state index >= 15 is 0 Å². The van der Waals surface area contributed by atoms with Gasteiger partial charge in [0.15, 0.2) is 5.82 Å². The Morgan fingerprint density at radius 1 is 1.18 bits per heavy atom. The summed E-state index contributed by atoms with van der Waals surface area (Å²) < 4.78 is 2.79. The number of piperidine rings is 1. The molecule has 4 rings (SSSR count). The first-order valence-electron chi connectivity index (χ1n) is 10.8. The summed E-state index contributed by atoms with van der Waals surface area (Å²) in [5, 5.41) is 8.80. The number of para-hydroxylation sites is 1. The second-order valence-corrected chi connectivity index (χ2v) is 9.98. The van der Waals surface area contributed by atoms with Crippen molar-refractivity contribution in [1.82, 2.24) is 14.8 Å². The van der Waals surface area contributed by atoms with Gasteiger partial charge in [-0.15, -0.1) is 11.7 Å². The van der Waals surface area contributed by atoms with Crippen molar-refractivity contribution in [2.75, 3.05) is 29.1 Å². The predicted molar refractivity (Wildman–Crippen MR) is 140 cm³/mol. The molecular formula is C24H25BrClN5OS. The fourth-order valence-electron chi connectivity index (χ4n) is 3.82. The van der Waals surface area contributed by atoms with Crippen molar-refractivity contribution in [1.29, 1.82) is 0 Å². The number of carbonyl (C=O) groups excluding carboxylic acids is 1. The number of benzene rings is 2. The topological polar surface area (TPSA) is 63.1 Å². The number of hydrogen-bond acceptors (Lipinski definition) is 5. The van der Waals surface area contributed by atoms with Crippen LogP contribution in [0.4, 0.5) is 11.4 Å². The molecule has 1 aromatic heterocycles.